The molecule has 2 N–H and O–H groups in total. The molecular formula is C14H17B2O2P2. The summed E-state index contributed by atoms with van der Waals surface area (Å²) in [5.41, 5.74) is 0. The van der Waals surface area contributed by atoms with Crippen molar-refractivity contribution in [1.29, 1.82) is 0 Å². The third-order valence-electron chi connectivity index (χ3n) is 3.32. The molecule has 6 heteroatoms. The zero-order valence-electron chi connectivity index (χ0n) is 11.4. The Morgan fingerprint density at radius 2 is 1.50 bits per heavy atom. The van der Waals surface area contributed by atoms with E-state index in [1.807, 2.05) is 43.1 Å². The molecule has 0 saturated carbocycles. The first-order chi connectivity index (χ1) is 9.44. The van der Waals surface area contributed by atoms with Crippen molar-refractivity contribution in [2.75, 3.05) is 12.6 Å². The molecule has 1 atom stereocenters. The Kier molecular flexibility index (Phi) is 4.72. The molecule has 0 aromatic heterocycles. The maximum atomic E-state index is 10.9. The van der Waals surface area contributed by atoms with Crippen LogP contribution in [0.15, 0.2) is 60.7 Å². The van der Waals surface area contributed by atoms with Crippen LogP contribution in [0.2, 0.25) is 0 Å². The summed E-state index contributed by atoms with van der Waals surface area (Å²) in [6.07, 6.45) is 0. The van der Waals surface area contributed by atoms with E-state index in [1.54, 1.807) is 24.3 Å². The van der Waals surface area contributed by atoms with Gasteiger partial charge in [-0.2, -0.15) is 0 Å². The summed E-state index contributed by atoms with van der Waals surface area (Å²) >= 11 is 0. The average molecular weight is 301 g/mol. The van der Waals surface area contributed by atoms with Crippen LogP contribution < -0.4 is 10.6 Å². The summed E-state index contributed by atoms with van der Waals surface area (Å²) in [4.78, 5) is 21.8. The summed E-state index contributed by atoms with van der Waals surface area (Å²) < 4.78 is 0. The van der Waals surface area contributed by atoms with Crippen LogP contribution in [0.4, 0.5) is 0 Å². The van der Waals surface area contributed by atoms with E-state index >= 15 is 0 Å². The van der Waals surface area contributed by atoms with E-state index in [0.717, 1.165) is 12.2 Å². The van der Waals surface area contributed by atoms with E-state index in [9.17, 15) is 9.79 Å². The molecule has 0 aliphatic rings. The van der Waals surface area contributed by atoms with Crippen molar-refractivity contribution in [2.24, 2.45) is 0 Å². The monoisotopic (exact) mass is 301 g/mol. The molecule has 0 amide bonds. The van der Waals surface area contributed by atoms with Gasteiger partial charge in [0.1, 0.15) is 0 Å². The van der Waals surface area contributed by atoms with Crippen molar-refractivity contribution < 1.29 is 9.79 Å². The Hall–Kier alpha value is -0.650. The van der Waals surface area contributed by atoms with Gasteiger partial charge in [0.15, 0.2) is 0 Å². The van der Waals surface area contributed by atoms with Crippen LogP contribution in [0, 0.1) is 0 Å². The second-order valence-corrected chi connectivity index (χ2v) is 11.3. The molecule has 0 heterocycles. The van der Waals surface area contributed by atoms with Crippen LogP contribution >= 0.6 is 14.9 Å². The number of hydrogen-bond acceptors (Lipinski definition) is 2. The van der Waals surface area contributed by atoms with E-state index in [1.165, 1.54) is 0 Å². The fourth-order valence-electron chi connectivity index (χ4n) is 2.15. The molecule has 0 spiro atoms. The van der Waals surface area contributed by atoms with Crippen LogP contribution in [0.1, 0.15) is 0 Å². The zero-order valence-corrected chi connectivity index (χ0v) is 13.2. The van der Waals surface area contributed by atoms with Crippen molar-refractivity contribution in [3.8, 4) is 0 Å². The summed E-state index contributed by atoms with van der Waals surface area (Å²) in [7, 11) is 4.95. The van der Waals surface area contributed by atoms with Crippen molar-refractivity contribution in [1.82, 2.24) is 0 Å². The minimum atomic E-state index is -4.15. The van der Waals surface area contributed by atoms with Crippen molar-refractivity contribution >= 4 is 40.1 Å². The third-order valence-corrected chi connectivity index (χ3v) is 10.5. The number of hydrogen-bond donors (Lipinski definition) is 2. The molecule has 2 aromatic rings. The second kappa shape index (κ2) is 6.00. The molecule has 0 saturated heterocycles. The molecule has 2 aromatic carbocycles. The van der Waals surface area contributed by atoms with Crippen LogP contribution in [0.25, 0.3) is 0 Å². The molecule has 3 radical (unpaired) electrons. The SMILES string of the molecule is [B][B]P(O)(O)(CP(C)c1ccccc1)c1ccccc1. The number of rotatable bonds is 5. The van der Waals surface area contributed by atoms with Gasteiger partial charge < -0.3 is 0 Å². The van der Waals surface area contributed by atoms with Gasteiger partial charge in [0.05, 0.1) is 0 Å². The Bertz CT molecular complexity index is 564. The molecular weight excluding hydrogens is 284 g/mol. The Morgan fingerprint density at radius 1 is 1.00 bits per heavy atom. The quantitative estimate of drug-likeness (QED) is 0.653. The van der Waals surface area contributed by atoms with Gasteiger partial charge in [0, 0.05) is 0 Å². The predicted octanol–water partition coefficient (Wildman–Crippen LogP) is 1.78. The van der Waals surface area contributed by atoms with Crippen molar-refractivity contribution in [2.45, 2.75) is 0 Å². The van der Waals surface area contributed by atoms with E-state index in [2.05, 4.69) is 0 Å². The van der Waals surface area contributed by atoms with Crippen LogP contribution in [0.3, 0.4) is 0 Å². The second-order valence-electron chi connectivity index (χ2n) is 4.93. The normalized spacial score (nSPS) is 15.1. The van der Waals surface area contributed by atoms with Gasteiger partial charge >= 0.3 is 123 Å². The zero-order chi connectivity index (χ0) is 14.7. The average Bonchev–Trinajstić information content (AvgIpc) is 2.49. The van der Waals surface area contributed by atoms with Crippen LogP contribution in [0.5, 0.6) is 0 Å². The Morgan fingerprint density at radius 3 is 2.00 bits per heavy atom. The summed E-state index contributed by atoms with van der Waals surface area (Å²) in [5.74, 6) is 0.283. The van der Waals surface area contributed by atoms with Gasteiger partial charge in [-0.1, -0.05) is 0 Å². The van der Waals surface area contributed by atoms with Crippen molar-refractivity contribution in [3.05, 3.63) is 60.7 Å². The van der Waals surface area contributed by atoms with Gasteiger partial charge in [0.2, 0.25) is 0 Å². The summed E-state index contributed by atoms with van der Waals surface area (Å²) in [6, 6.07) is 18.8. The topological polar surface area (TPSA) is 40.5 Å². The fourth-order valence-corrected chi connectivity index (χ4v) is 8.85. The first kappa shape index (κ1) is 15.7. The van der Waals surface area contributed by atoms with Crippen LogP contribution in [-0.2, 0) is 0 Å². The first-order valence-corrected chi connectivity index (χ1v) is 10.7. The van der Waals surface area contributed by atoms with Gasteiger partial charge in [0.25, 0.3) is 0 Å². The maximum absolute atomic E-state index is 10.9. The van der Waals surface area contributed by atoms with Crippen molar-refractivity contribution in [3.63, 3.8) is 0 Å². The van der Waals surface area contributed by atoms with Gasteiger partial charge in [-0.25, -0.2) is 0 Å². The molecule has 2 nitrogen and oxygen atoms in total. The predicted molar refractivity (Wildman–Crippen MR) is 92.7 cm³/mol. The first-order valence-electron chi connectivity index (χ1n) is 6.34. The Balaban J connectivity index is 2.32. The molecule has 2 rings (SSSR count). The molecule has 1 unspecified atom stereocenters. The molecule has 20 heavy (non-hydrogen) atoms. The van der Waals surface area contributed by atoms with E-state index in [0.29, 0.717) is 5.30 Å². The van der Waals surface area contributed by atoms with E-state index in [-0.39, 0.29) is 5.90 Å². The fraction of sp³-hybridized carbons (Fsp3) is 0.143. The molecule has 0 aliphatic heterocycles. The minimum absolute atomic E-state index is 0.283. The van der Waals surface area contributed by atoms with Crippen LogP contribution in [-0.4, -0.2) is 37.0 Å². The summed E-state index contributed by atoms with van der Waals surface area (Å²) in [6.45, 7) is -0.987. The summed E-state index contributed by atoms with van der Waals surface area (Å²) in [5, 5.41) is 1.66. The molecule has 0 fully saturated rings. The third kappa shape index (κ3) is 3.32. The molecule has 101 valence electrons. The van der Waals surface area contributed by atoms with Gasteiger partial charge in [-0.05, 0) is 0 Å². The van der Waals surface area contributed by atoms with E-state index < -0.39 is 14.9 Å². The molecule has 0 aliphatic carbocycles. The number of benzene rings is 2. The standard InChI is InChI=1S/C14H17B2O2P2/c1-19(13-8-4-2-5-9-13)12-20(17,18,16-15)14-10-6-3-7-11-14/h2-11,17-18H,12H2,1H3. The van der Waals surface area contributed by atoms with Gasteiger partial charge in [-0.15, -0.1) is 0 Å². The van der Waals surface area contributed by atoms with E-state index in [4.69, 9.17) is 7.74 Å². The van der Waals surface area contributed by atoms with Gasteiger partial charge in [-0.3, -0.25) is 0 Å². The molecule has 0 bridgehead atoms. The Labute approximate surface area is 123 Å².